The van der Waals surface area contributed by atoms with Crippen molar-refractivity contribution in [2.24, 2.45) is 16.6 Å². The van der Waals surface area contributed by atoms with Crippen molar-refractivity contribution in [3.05, 3.63) is 65.5 Å². The monoisotopic (exact) mass is 365 g/mol. The molecule has 27 heavy (non-hydrogen) atoms. The van der Waals surface area contributed by atoms with Gasteiger partial charge in [0.25, 0.3) is 5.91 Å². The summed E-state index contributed by atoms with van der Waals surface area (Å²) < 4.78 is 18.9. The Balaban J connectivity index is 1.80. The molecule has 138 valence electrons. The van der Waals surface area contributed by atoms with Gasteiger partial charge in [-0.3, -0.25) is 10.1 Å². The molecule has 0 spiro atoms. The quantitative estimate of drug-likeness (QED) is 0.497. The summed E-state index contributed by atoms with van der Waals surface area (Å²) in [4.78, 5) is 16.5. The summed E-state index contributed by atoms with van der Waals surface area (Å²) >= 11 is 0. The predicted octanol–water partition coefficient (Wildman–Crippen LogP) is 3.03. The van der Waals surface area contributed by atoms with E-state index in [9.17, 15) is 9.18 Å². The molecule has 2 aromatic rings. The Morgan fingerprint density at radius 3 is 2.59 bits per heavy atom. The Labute approximate surface area is 157 Å². The van der Waals surface area contributed by atoms with E-state index in [2.05, 4.69) is 22.2 Å². The number of nitrogens with one attached hydrogen (secondary N) is 1. The van der Waals surface area contributed by atoms with E-state index in [1.54, 1.807) is 13.2 Å². The van der Waals surface area contributed by atoms with Crippen LogP contribution in [0.15, 0.2) is 53.5 Å². The average Bonchev–Trinajstić information content (AvgIpc) is 3.50. The van der Waals surface area contributed by atoms with Gasteiger partial charge in [0.15, 0.2) is 5.96 Å². The minimum absolute atomic E-state index is 0.0966. The van der Waals surface area contributed by atoms with Crippen LogP contribution in [0.1, 0.15) is 34.8 Å². The van der Waals surface area contributed by atoms with Gasteiger partial charge in [0.2, 0.25) is 0 Å². The molecule has 5 nitrogen and oxygen atoms in total. The molecule has 1 aliphatic carbocycles. The fourth-order valence-electron chi connectivity index (χ4n) is 2.40. The Bertz CT molecular complexity index is 909. The number of benzene rings is 2. The highest BCUT2D eigenvalue weighted by molar-refractivity contribution is 6.05. The van der Waals surface area contributed by atoms with Crippen LogP contribution in [0.25, 0.3) is 0 Å². The molecule has 1 atom stereocenters. The number of rotatable bonds is 4. The first-order valence-electron chi connectivity index (χ1n) is 8.61. The van der Waals surface area contributed by atoms with E-state index in [0.29, 0.717) is 5.92 Å². The normalized spacial score (nSPS) is 14.7. The van der Waals surface area contributed by atoms with Crippen molar-refractivity contribution >= 4 is 11.9 Å². The van der Waals surface area contributed by atoms with Crippen molar-refractivity contribution in [2.45, 2.75) is 18.9 Å². The second-order valence-electron chi connectivity index (χ2n) is 6.19. The summed E-state index contributed by atoms with van der Waals surface area (Å²) in [5, 5.41) is 2.42. The molecule has 3 N–H and O–H groups in total. The van der Waals surface area contributed by atoms with E-state index in [1.807, 2.05) is 24.3 Å². The van der Waals surface area contributed by atoms with Gasteiger partial charge in [-0.2, -0.15) is 0 Å². The summed E-state index contributed by atoms with van der Waals surface area (Å²) in [5.41, 5.74) is 6.61. The highest BCUT2D eigenvalue weighted by Gasteiger charge is 2.19. The third kappa shape index (κ3) is 5.08. The standard InChI is InChI=1S/C21H20FN3O2/c1-27-16-11-9-15(10-12-16)19(13-8-14-6-7-14)24-21(23)25-20(26)17-4-2-3-5-18(17)22/h2-5,9-12,14,19H,6-7H2,1H3,(H3,23,24,25,26). The molecule has 1 aliphatic rings. The molecule has 1 fully saturated rings. The van der Waals surface area contributed by atoms with Crippen molar-refractivity contribution in [3.8, 4) is 17.6 Å². The Morgan fingerprint density at radius 1 is 1.26 bits per heavy atom. The van der Waals surface area contributed by atoms with Crippen molar-refractivity contribution < 1.29 is 13.9 Å². The predicted molar refractivity (Wildman–Crippen MR) is 102 cm³/mol. The van der Waals surface area contributed by atoms with Gasteiger partial charge >= 0.3 is 0 Å². The summed E-state index contributed by atoms with van der Waals surface area (Å²) in [6, 6.07) is 12.5. The van der Waals surface area contributed by atoms with E-state index in [-0.39, 0.29) is 11.5 Å². The fourth-order valence-corrected chi connectivity index (χ4v) is 2.40. The second kappa shape index (κ2) is 8.37. The highest BCUT2D eigenvalue weighted by Crippen LogP contribution is 2.28. The number of methoxy groups -OCH3 is 1. The van der Waals surface area contributed by atoms with Crippen LogP contribution in [0.3, 0.4) is 0 Å². The molecule has 1 amide bonds. The van der Waals surface area contributed by atoms with Gasteiger partial charge < -0.3 is 10.5 Å². The average molecular weight is 365 g/mol. The number of aliphatic imine (C=N–C) groups is 1. The fraction of sp³-hybridized carbons (Fsp3) is 0.238. The maximum Gasteiger partial charge on any atom is 0.260 e. The molecule has 0 heterocycles. The van der Waals surface area contributed by atoms with Crippen LogP contribution in [0, 0.1) is 23.6 Å². The number of amides is 1. The molecule has 0 bridgehead atoms. The van der Waals surface area contributed by atoms with E-state index in [0.717, 1.165) is 24.2 Å². The molecule has 2 aromatic carbocycles. The molecule has 3 rings (SSSR count). The number of carbonyl (C=O) groups is 1. The number of ether oxygens (including phenoxy) is 1. The third-order valence-electron chi connectivity index (χ3n) is 4.06. The Hall–Kier alpha value is -3.33. The zero-order chi connectivity index (χ0) is 19.2. The van der Waals surface area contributed by atoms with E-state index < -0.39 is 17.8 Å². The number of halogens is 1. The molecule has 0 saturated heterocycles. The second-order valence-corrected chi connectivity index (χ2v) is 6.19. The maximum atomic E-state index is 13.7. The molecule has 1 unspecified atom stereocenters. The highest BCUT2D eigenvalue weighted by atomic mass is 19.1. The molecular formula is C21H20FN3O2. The van der Waals surface area contributed by atoms with Crippen LogP contribution in [-0.4, -0.2) is 19.0 Å². The molecule has 6 heteroatoms. The molecule has 0 radical (unpaired) electrons. The van der Waals surface area contributed by atoms with Gasteiger partial charge in [0.05, 0.1) is 12.7 Å². The summed E-state index contributed by atoms with van der Waals surface area (Å²) in [5.74, 6) is 6.00. The number of nitrogens with two attached hydrogens (primary N) is 1. The molecular weight excluding hydrogens is 345 g/mol. The first-order valence-corrected chi connectivity index (χ1v) is 8.61. The lowest BCUT2D eigenvalue weighted by Gasteiger charge is -2.10. The zero-order valence-electron chi connectivity index (χ0n) is 14.9. The van der Waals surface area contributed by atoms with Crippen molar-refractivity contribution in [1.82, 2.24) is 5.32 Å². The van der Waals surface area contributed by atoms with Crippen molar-refractivity contribution in [1.29, 1.82) is 0 Å². The summed E-state index contributed by atoms with van der Waals surface area (Å²) in [6.45, 7) is 0. The van der Waals surface area contributed by atoms with Crippen molar-refractivity contribution in [3.63, 3.8) is 0 Å². The smallest absolute Gasteiger partial charge is 0.260 e. The van der Waals surface area contributed by atoms with E-state index in [4.69, 9.17) is 10.5 Å². The van der Waals surface area contributed by atoms with E-state index in [1.165, 1.54) is 18.2 Å². The number of guanidine groups is 1. The van der Waals surface area contributed by atoms with Crippen LogP contribution in [0.2, 0.25) is 0 Å². The third-order valence-corrected chi connectivity index (χ3v) is 4.06. The van der Waals surface area contributed by atoms with Crippen LogP contribution in [0.4, 0.5) is 4.39 Å². The van der Waals surface area contributed by atoms with Gasteiger partial charge in [-0.15, -0.1) is 0 Å². The molecule has 0 aromatic heterocycles. The van der Waals surface area contributed by atoms with Gasteiger partial charge in [0.1, 0.15) is 17.6 Å². The molecule has 1 saturated carbocycles. The minimum Gasteiger partial charge on any atom is -0.497 e. The van der Waals surface area contributed by atoms with Gasteiger partial charge in [-0.05, 0) is 42.7 Å². The number of carbonyl (C=O) groups excluding carboxylic acids is 1. The van der Waals surface area contributed by atoms with Gasteiger partial charge in [-0.25, -0.2) is 9.38 Å². The first-order chi connectivity index (χ1) is 13.1. The van der Waals surface area contributed by atoms with Crippen molar-refractivity contribution in [2.75, 3.05) is 7.11 Å². The first kappa shape index (κ1) is 18.5. The van der Waals surface area contributed by atoms with E-state index >= 15 is 0 Å². The number of hydrogen-bond donors (Lipinski definition) is 2. The lowest BCUT2D eigenvalue weighted by Crippen LogP contribution is -2.37. The Morgan fingerprint density at radius 2 is 1.96 bits per heavy atom. The Kier molecular flexibility index (Phi) is 5.72. The minimum atomic E-state index is -0.655. The molecule has 0 aliphatic heterocycles. The van der Waals surface area contributed by atoms with Crippen LogP contribution < -0.4 is 15.8 Å². The van der Waals surface area contributed by atoms with Gasteiger partial charge in [-0.1, -0.05) is 36.1 Å². The summed E-state index contributed by atoms with van der Waals surface area (Å²) in [7, 11) is 1.59. The number of hydrogen-bond acceptors (Lipinski definition) is 3. The SMILES string of the molecule is COc1ccc(C(C#CC2CC2)N=C(N)NC(=O)c2ccccc2F)cc1. The van der Waals surface area contributed by atoms with Gasteiger partial charge in [0, 0.05) is 5.92 Å². The van der Waals surface area contributed by atoms with Crippen LogP contribution >= 0.6 is 0 Å². The van der Waals surface area contributed by atoms with Crippen LogP contribution in [0.5, 0.6) is 5.75 Å². The van der Waals surface area contributed by atoms with Crippen LogP contribution in [-0.2, 0) is 0 Å². The number of nitrogens with zero attached hydrogens (tertiary/aromatic N) is 1. The lowest BCUT2D eigenvalue weighted by atomic mass is 10.1. The topological polar surface area (TPSA) is 76.7 Å². The largest absolute Gasteiger partial charge is 0.497 e. The zero-order valence-corrected chi connectivity index (χ0v) is 14.9. The summed E-state index contributed by atoms with van der Waals surface area (Å²) in [6.07, 6.45) is 2.18. The maximum absolute atomic E-state index is 13.7. The lowest BCUT2D eigenvalue weighted by molar-refractivity contribution is 0.0972.